The molecular weight excluding hydrogens is 272 g/mol. The Morgan fingerprint density at radius 2 is 1.90 bits per heavy atom. The first-order chi connectivity index (χ1) is 10.1. The Labute approximate surface area is 124 Å². The molecule has 0 unspecified atom stereocenters. The highest BCUT2D eigenvalue weighted by molar-refractivity contribution is 5.85. The molecule has 1 N–H and O–H groups in total. The van der Waals surface area contributed by atoms with Crippen molar-refractivity contribution in [1.29, 1.82) is 0 Å². The first-order valence-corrected chi connectivity index (χ1v) is 6.89. The van der Waals surface area contributed by atoms with Crippen molar-refractivity contribution in [2.75, 3.05) is 27.3 Å². The zero-order valence-electron chi connectivity index (χ0n) is 12.3. The molecular formula is C15H20N2O4. The number of likely N-dealkylation sites (tertiary alicyclic amines) is 1. The molecule has 0 bridgehead atoms. The van der Waals surface area contributed by atoms with Crippen molar-refractivity contribution in [3.63, 3.8) is 0 Å². The number of methoxy groups -OCH3 is 2. The third-order valence-electron chi connectivity index (χ3n) is 3.41. The number of carbonyl (C=O) groups is 2. The predicted molar refractivity (Wildman–Crippen MR) is 77.2 cm³/mol. The SMILES string of the molecule is COc1cc(CNC(=O)CN2CCCC2=O)cc(OC)c1. The smallest absolute Gasteiger partial charge is 0.239 e. The number of nitrogens with one attached hydrogen (secondary N) is 1. The van der Waals surface area contributed by atoms with E-state index in [1.165, 1.54) is 0 Å². The summed E-state index contributed by atoms with van der Waals surface area (Å²) in [5, 5.41) is 2.81. The lowest BCUT2D eigenvalue weighted by Gasteiger charge is -2.15. The number of hydrogen-bond acceptors (Lipinski definition) is 4. The Hall–Kier alpha value is -2.24. The molecule has 114 valence electrons. The van der Waals surface area contributed by atoms with Crippen molar-refractivity contribution in [2.24, 2.45) is 0 Å². The number of benzene rings is 1. The van der Waals surface area contributed by atoms with E-state index >= 15 is 0 Å². The minimum Gasteiger partial charge on any atom is -0.497 e. The Morgan fingerprint density at radius 1 is 1.24 bits per heavy atom. The molecule has 1 fully saturated rings. The summed E-state index contributed by atoms with van der Waals surface area (Å²) in [7, 11) is 3.16. The van der Waals surface area contributed by atoms with Crippen LogP contribution in [0.15, 0.2) is 18.2 Å². The lowest BCUT2D eigenvalue weighted by Crippen LogP contribution is -2.37. The Morgan fingerprint density at radius 3 is 2.43 bits per heavy atom. The van der Waals surface area contributed by atoms with Crippen molar-refractivity contribution in [2.45, 2.75) is 19.4 Å². The normalized spacial score (nSPS) is 14.2. The van der Waals surface area contributed by atoms with E-state index in [9.17, 15) is 9.59 Å². The summed E-state index contributed by atoms with van der Waals surface area (Å²) in [6, 6.07) is 5.45. The van der Waals surface area contributed by atoms with Crippen LogP contribution in [0.2, 0.25) is 0 Å². The van der Waals surface area contributed by atoms with Gasteiger partial charge in [0.1, 0.15) is 11.5 Å². The van der Waals surface area contributed by atoms with Crippen LogP contribution in [0.5, 0.6) is 11.5 Å². The predicted octanol–water partition coefficient (Wildman–Crippen LogP) is 0.942. The molecule has 1 aromatic rings. The maximum atomic E-state index is 11.9. The highest BCUT2D eigenvalue weighted by Crippen LogP contribution is 2.22. The van der Waals surface area contributed by atoms with E-state index in [0.717, 1.165) is 12.0 Å². The minimum absolute atomic E-state index is 0.0493. The summed E-state index contributed by atoms with van der Waals surface area (Å²) >= 11 is 0. The van der Waals surface area contributed by atoms with E-state index in [4.69, 9.17) is 9.47 Å². The fourth-order valence-electron chi connectivity index (χ4n) is 2.27. The molecule has 6 nitrogen and oxygen atoms in total. The summed E-state index contributed by atoms with van der Waals surface area (Å²) in [5.74, 6) is 1.24. The van der Waals surface area contributed by atoms with E-state index in [1.807, 2.05) is 12.1 Å². The quantitative estimate of drug-likeness (QED) is 0.847. The number of rotatable bonds is 6. The van der Waals surface area contributed by atoms with Crippen molar-refractivity contribution in [3.8, 4) is 11.5 Å². The summed E-state index contributed by atoms with van der Waals surface area (Å²) in [6.45, 7) is 1.16. The van der Waals surface area contributed by atoms with Gasteiger partial charge >= 0.3 is 0 Å². The minimum atomic E-state index is -0.160. The molecule has 1 aromatic carbocycles. The highest BCUT2D eigenvalue weighted by Gasteiger charge is 2.22. The van der Waals surface area contributed by atoms with Gasteiger partial charge in [0.15, 0.2) is 0 Å². The fourth-order valence-corrected chi connectivity index (χ4v) is 2.27. The van der Waals surface area contributed by atoms with Crippen molar-refractivity contribution >= 4 is 11.8 Å². The number of amides is 2. The topological polar surface area (TPSA) is 67.9 Å². The average Bonchev–Trinajstić information content (AvgIpc) is 2.90. The van der Waals surface area contributed by atoms with E-state index in [-0.39, 0.29) is 18.4 Å². The lowest BCUT2D eigenvalue weighted by atomic mass is 10.2. The van der Waals surface area contributed by atoms with Crippen LogP contribution < -0.4 is 14.8 Å². The molecule has 1 saturated heterocycles. The summed E-state index contributed by atoms with van der Waals surface area (Å²) in [5.41, 5.74) is 0.882. The van der Waals surface area contributed by atoms with Gasteiger partial charge in [-0.2, -0.15) is 0 Å². The van der Waals surface area contributed by atoms with Crippen LogP contribution in [0.25, 0.3) is 0 Å². The second kappa shape index (κ2) is 6.97. The van der Waals surface area contributed by atoms with Crippen molar-refractivity contribution < 1.29 is 19.1 Å². The zero-order chi connectivity index (χ0) is 15.2. The van der Waals surface area contributed by atoms with Gasteiger partial charge in [-0.15, -0.1) is 0 Å². The molecule has 0 aromatic heterocycles. The first-order valence-electron chi connectivity index (χ1n) is 6.89. The molecule has 2 rings (SSSR count). The first kappa shape index (κ1) is 15.2. The molecule has 6 heteroatoms. The van der Waals surface area contributed by atoms with Gasteiger partial charge in [0, 0.05) is 25.6 Å². The third-order valence-corrected chi connectivity index (χ3v) is 3.41. The maximum absolute atomic E-state index is 11.9. The molecule has 21 heavy (non-hydrogen) atoms. The van der Waals surface area contributed by atoms with Crippen LogP contribution in [0.3, 0.4) is 0 Å². The van der Waals surface area contributed by atoms with Gasteiger partial charge in [-0.25, -0.2) is 0 Å². The zero-order valence-corrected chi connectivity index (χ0v) is 12.3. The van der Waals surface area contributed by atoms with E-state index in [2.05, 4.69) is 5.32 Å². The standard InChI is InChI=1S/C15H20N2O4/c1-20-12-6-11(7-13(8-12)21-2)9-16-14(18)10-17-5-3-4-15(17)19/h6-8H,3-5,9-10H2,1-2H3,(H,16,18). The van der Waals surface area contributed by atoms with Crippen LogP contribution in [0.1, 0.15) is 18.4 Å². The van der Waals surface area contributed by atoms with Crippen LogP contribution in [0, 0.1) is 0 Å². The molecule has 1 aliphatic heterocycles. The Balaban J connectivity index is 1.90. The molecule has 0 aliphatic carbocycles. The van der Waals surface area contributed by atoms with Gasteiger partial charge in [0.25, 0.3) is 0 Å². The summed E-state index contributed by atoms with van der Waals surface area (Å²) in [6.07, 6.45) is 1.37. The Kier molecular flexibility index (Phi) is 5.03. The number of hydrogen-bond donors (Lipinski definition) is 1. The number of carbonyl (C=O) groups excluding carboxylic acids is 2. The monoisotopic (exact) mass is 292 g/mol. The largest absolute Gasteiger partial charge is 0.497 e. The number of ether oxygens (including phenoxy) is 2. The van der Waals surface area contributed by atoms with Crippen LogP contribution in [-0.4, -0.2) is 44.0 Å². The van der Waals surface area contributed by atoms with Gasteiger partial charge in [0.05, 0.1) is 20.8 Å². The molecule has 1 heterocycles. The molecule has 1 aliphatic rings. The van der Waals surface area contributed by atoms with Gasteiger partial charge in [-0.05, 0) is 24.1 Å². The van der Waals surface area contributed by atoms with Gasteiger partial charge < -0.3 is 19.7 Å². The lowest BCUT2D eigenvalue weighted by molar-refractivity contribution is -0.133. The molecule has 0 saturated carbocycles. The second-order valence-corrected chi connectivity index (χ2v) is 4.92. The highest BCUT2D eigenvalue weighted by atomic mass is 16.5. The van der Waals surface area contributed by atoms with Crippen LogP contribution >= 0.6 is 0 Å². The molecule has 2 amide bonds. The average molecular weight is 292 g/mol. The molecule has 0 atom stereocenters. The van der Waals surface area contributed by atoms with Crippen molar-refractivity contribution in [3.05, 3.63) is 23.8 Å². The molecule has 0 radical (unpaired) electrons. The third kappa shape index (κ3) is 4.11. The van der Waals surface area contributed by atoms with Crippen molar-refractivity contribution in [1.82, 2.24) is 10.2 Å². The second-order valence-electron chi connectivity index (χ2n) is 4.92. The maximum Gasteiger partial charge on any atom is 0.239 e. The fraction of sp³-hybridized carbons (Fsp3) is 0.467. The molecule has 0 spiro atoms. The van der Waals surface area contributed by atoms with Gasteiger partial charge in [-0.1, -0.05) is 0 Å². The van der Waals surface area contributed by atoms with E-state index in [1.54, 1.807) is 25.2 Å². The number of nitrogens with zero attached hydrogens (tertiary/aromatic N) is 1. The Bertz CT molecular complexity index is 508. The van der Waals surface area contributed by atoms with E-state index in [0.29, 0.717) is 31.0 Å². The van der Waals surface area contributed by atoms with Gasteiger partial charge in [0.2, 0.25) is 11.8 Å². The summed E-state index contributed by atoms with van der Waals surface area (Å²) < 4.78 is 10.4. The van der Waals surface area contributed by atoms with Gasteiger partial charge in [-0.3, -0.25) is 9.59 Å². The summed E-state index contributed by atoms with van der Waals surface area (Å²) in [4.78, 5) is 24.9. The van der Waals surface area contributed by atoms with E-state index < -0.39 is 0 Å². The van der Waals surface area contributed by atoms with Crippen LogP contribution in [0.4, 0.5) is 0 Å². The van der Waals surface area contributed by atoms with Crippen LogP contribution in [-0.2, 0) is 16.1 Å².